The summed E-state index contributed by atoms with van der Waals surface area (Å²) in [5.74, 6) is 3.04. The van der Waals surface area contributed by atoms with Crippen molar-refractivity contribution in [2.45, 2.75) is 12.1 Å². The summed E-state index contributed by atoms with van der Waals surface area (Å²) in [5, 5.41) is 0. The standard InChI is InChI=1S/C24H19FN2/c1-2-17-27-23(19-13-7-4-8-14-19)22(18-11-5-3-6-12-18)26-24(27)20-15-9-10-16-21(20)25/h1,3-16,22-23H,17H2/t22-,23-/m1/s1. The van der Waals surface area contributed by atoms with Gasteiger partial charge >= 0.3 is 0 Å². The number of amidine groups is 1. The van der Waals surface area contributed by atoms with Gasteiger partial charge < -0.3 is 4.90 Å². The van der Waals surface area contributed by atoms with E-state index in [1.54, 1.807) is 12.1 Å². The molecule has 0 saturated carbocycles. The van der Waals surface area contributed by atoms with E-state index < -0.39 is 0 Å². The molecule has 1 aliphatic heterocycles. The number of hydrogen-bond donors (Lipinski definition) is 0. The summed E-state index contributed by atoms with van der Waals surface area (Å²) in [6, 6.07) is 26.7. The van der Waals surface area contributed by atoms with Gasteiger partial charge in [0.15, 0.2) is 0 Å². The average Bonchev–Trinajstić information content (AvgIpc) is 3.09. The van der Waals surface area contributed by atoms with Crippen LogP contribution in [-0.2, 0) is 0 Å². The lowest BCUT2D eigenvalue weighted by Crippen LogP contribution is -2.33. The first kappa shape index (κ1) is 17.1. The highest BCUT2D eigenvalue weighted by atomic mass is 19.1. The molecule has 1 heterocycles. The van der Waals surface area contributed by atoms with E-state index in [0.717, 1.165) is 11.1 Å². The number of hydrogen-bond acceptors (Lipinski definition) is 2. The number of nitrogens with zero attached hydrogens (tertiary/aromatic N) is 2. The molecule has 0 amide bonds. The highest BCUT2D eigenvalue weighted by molar-refractivity contribution is 6.01. The minimum Gasteiger partial charge on any atom is -0.336 e. The third-order valence-electron chi connectivity index (χ3n) is 4.83. The Hall–Kier alpha value is -3.38. The normalized spacial score (nSPS) is 18.8. The van der Waals surface area contributed by atoms with Gasteiger partial charge in [-0.3, -0.25) is 4.99 Å². The second kappa shape index (κ2) is 7.47. The fourth-order valence-electron chi connectivity index (χ4n) is 3.64. The smallest absolute Gasteiger partial charge is 0.135 e. The third-order valence-corrected chi connectivity index (χ3v) is 4.83. The molecule has 0 radical (unpaired) electrons. The fourth-order valence-corrected chi connectivity index (χ4v) is 3.64. The summed E-state index contributed by atoms with van der Waals surface area (Å²) in [6.07, 6.45) is 5.67. The second-order valence-corrected chi connectivity index (χ2v) is 6.48. The van der Waals surface area contributed by atoms with Gasteiger partial charge in [-0.2, -0.15) is 0 Å². The molecule has 4 rings (SSSR count). The summed E-state index contributed by atoms with van der Waals surface area (Å²) >= 11 is 0. The van der Waals surface area contributed by atoms with Gasteiger partial charge in [0, 0.05) is 0 Å². The van der Waals surface area contributed by atoms with Crippen LogP contribution >= 0.6 is 0 Å². The molecule has 2 nitrogen and oxygen atoms in total. The van der Waals surface area contributed by atoms with Crippen LogP contribution in [0.1, 0.15) is 28.8 Å². The van der Waals surface area contributed by atoms with E-state index in [1.807, 2.05) is 47.4 Å². The van der Waals surface area contributed by atoms with Crippen LogP contribution in [0.25, 0.3) is 0 Å². The Balaban J connectivity index is 1.88. The zero-order valence-corrected chi connectivity index (χ0v) is 14.8. The Morgan fingerprint density at radius 1 is 0.852 bits per heavy atom. The quantitative estimate of drug-likeness (QED) is 0.602. The number of rotatable bonds is 4. The lowest BCUT2D eigenvalue weighted by Gasteiger charge is -2.29. The van der Waals surface area contributed by atoms with Crippen LogP contribution in [0.15, 0.2) is 89.9 Å². The average molecular weight is 354 g/mol. The van der Waals surface area contributed by atoms with Crippen molar-refractivity contribution in [1.29, 1.82) is 0 Å². The van der Waals surface area contributed by atoms with Gasteiger partial charge in [0.2, 0.25) is 0 Å². The van der Waals surface area contributed by atoms with Gasteiger partial charge in [0.1, 0.15) is 17.7 Å². The van der Waals surface area contributed by atoms with E-state index in [4.69, 9.17) is 11.4 Å². The molecule has 0 saturated heterocycles. The Labute approximate surface area is 159 Å². The molecule has 0 N–H and O–H groups in total. The Bertz CT molecular complexity index is 990. The van der Waals surface area contributed by atoms with E-state index >= 15 is 0 Å². The van der Waals surface area contributed by atoms with E-state index in [1.165, 1.54) is 6.07 Å². The molecule has 0 aliphatic carbocycles. The van der Waals surface area contributed by atoms with Crippen molar-refractivity contribution in [3.8, 4) is 12.3 Å². The minimum absolute atomic E-state index is 0.0840. The summed E-state index contributed by atoms with van der Waals surface area (Å²) in [4.78, 5) is 6.99. The first-order valence-electron chi connectivity index (χ1n) is 8.92. The van der Waals surface area contributed by atoms with Crippen molar-refractivity contribution in [2.24, 2.45) is 4.99 Å². The van der Waals surface area contributed by atoms with Gasteiger partial charge in [-0.25, -0.2) is 4.39 Å². The highest BCUT2D eigenvalue weighted by Crippen LogP contribution is 2.43. The largest absolute Gasteiger partial charge is 0.336 e. The zero-order valence-electron chi connectivity index (χ0n) is 14.8. The van der Waals surface area contributed by atoms with E-state index in [-0.39, 0.29) is 17.9 Å². The topological polar surface area (TPSA) is 15.6 Å². The molecule has 3 heteroatoms. The maximum absolute atomic E-state index is 14.6. The Morgan fingerprint density at radius 3 is 2.07 bits per heavy atom. The summed E-state index contributed by atoms with van der Waals surface area (Å²) in [6.45, 7) is 0.357. The van der Waals surface area contributed by atoms with Crippen LogP contribution in [0.2, 0.25) is 0 Å². The minimum atomic E-state index is -0.293. The number of benzene rings is 3. The van der Waals surface area contributed by atoms with Crippen molar-refractivity contribution in [3.63, 3.8) is 0 Å². The SMILES string of the molecule is C#CCN1C(c2ccccc2F)=N[C@H](c2ccccc2)[C@H]1c1ccccc1. The van der Waals surface area contributed by atoms with Crippen LogP contribution in [0.4, 0.5) is 4.39 Å². The Morgan fingerprint density at radius 2 is 1.44 bits per heavy atom. The molecule has 3 aromatic carbocycles. The highest BCUT2D eigenvalue weighted by Gasteiger charge is 2.38. The number of halogens is 1. The molecule has 0 fully saturated rings. The molecule has 3 aromatic rings. The van der Waals surface area contributed by atoms with Gasteiger partial charge in [-0.15, -0.1) is 6.42 Å². The molecule has 27 heavy (non-hydrogen) atoms. The van der Waals surface area contributed by atoms with E-state index in [9.17, 15) is 4.39 Å². The number of aliphatic imine (C=N–C) groups is 1. The second-order valence-electron chi connectivity index (χ2n) is 6.48. The molecule has 0 spiro atoms. The van der Waals surface area contributed by atoms with Crippen molar-refractivity contribution in [3.05, 3.63) is 107 Å². The summed E-state index contributed by atoms with van der Waals surface area (Å²) < 4.78 is 14.6. The maximum atomic E-state index is 14.6. The van der Waals surface area contributed by atoms with Crippen LogP contribution < -0.4 is 0 Å². The third kappa shape index (κ3) is 3.22. The van der Waals surface area contributed by atoms with Crippen molar-refractivity contribution < 1.29 is 4.39 Å². The molecular formula is C24H19FN2. The van der Waals surface area contributed by atoms with Crippen LogP contribution in [0, 0.1) is 18.2 Å². The van der Waals surface area contributed by atoms with Crippen molar-refractivity contribution in [1.82, 2.24) is 4.90 Å². The Kier molecular flexibility index (Phi) is 4.72. The van der Waals surface area contributed by atoms with Crippen LogP contribution in [-0.4, -0.2) is 17.3 Å². The van der Waals surface area contributed by atoms with Gasteiger partial charge in [0.05, 0.1) is 18.2 Å². The molecule has 0 unspecified atom stereocenters. The van der Waals surface area contributed by atoms with Crippen LogP contribution in [0.3, 0.4) is 0 Å². The van der Waals surface area contributed by atoms with Gasteiger partial charge in [-0.1, -0.05) is 78.7 Å². The summed E-state index contributed by atoms with van der Waals surface area (Å²) in [5.41, 5.74) is 2.67. The molecule has 0 aromatic heterocycles. The first-order chi connectivity index (χ1) is 13.3. The van der Waals surface area contributed by atoms with Crippen molar-refractivity contribution >= 4 is 5.84 Å². The van der Waals surface area contributed by atoms with Gasteiger partial charge in [-0.05, 0) is 23.3 Å². The molecule has 1 aliphatic rings. The first-order valence-corrected chi connectivity index (χ1v) is 8.92. The molecule has 0 bridgehead atoms. The monoisotopic (exact) mass is 354 g/mol. The van der Waals surface area contributed by atoms with Crippen LogP contribution in [0.5, 0.6) is 0 Å². The predicted octanol–water partition coefficient (Wildman–Crippen LogP) is 5.00. The van der Waals surface area contributed by atoms with E-state index in [2.05, 4.69) is 30.2 Å². The van der Waals surface area contributed by atoms with Crippen molar-refractivity contribution in [2.75, 3.05) is 6.54 Å². The molecular weight excluding hydrogens is 335 g/mol. The lowest BCUT2D eigenvalue weighted by molar-refractivity contribution is 0.341. The predicted molar refractivity (Wildman–Crippen MR) is 107 cm³/mol. The fraction of sp³-hybridized carbons (Fsp3) is 0.125. The summed E-state index contributed by atoms with van der Waals surface area (Å²) in [7, 11) is 0. The van der Waals surface area contributed by atoms with E-state index in [0.29, 0.717) is 17.9 Å². The number of terminal acetylenes is 1. The zero-order chi connectivity index (χ0) is 18.6. The lowest BCUT2D eigenvalue weighted by atomic mass is 9.93. The molecule has 2 atom stereocenters. The molecule has 132 valence electrons. The van der Waals surface area contributed by atoms with Gasteiger partial charge in [0.25, 0.3) is 0 Å². The maximum Gasteiger partial charge on any atom is 0.135 e.